The second-order valence-corrected chi connectivity index (χ2v) is 5.31. The van der Waals surface area contributed by atoms with E-state index in [9.17, 15) is 9.59 Å². The molecule has 1 aromatic carbocycles. The first kappa shape index (κ1) is 14.9. The van der Waals surface area contributed by atoms with Crippen LogP contribution in [0.4, 0.5) is 0 Å². The van der Waals surface area contributed by atoms with Gasteiger partial charge in [0.25, 0.3) is 5.91 Å². The number of hydrogen-bond acceptors (Lipinski definition) is 4. The van der Waals surface area contributed by atoms with Gasteiger partial charge in [0.1, 0.15) is 0 Å². The van der Waals surface area contributed by atoms with Crippen LogP contribution < -0.4 is 5.32 Å². The van der Waals surface area contributed by atoms with E-state index in [4.69, 9.17) is 5.11 Å². The zero-order valence-corrected chi connectivity index (χ0v) is 12.2. The van der Waals surface area contributed by atoms with Crippen molar-refractivity contribution in [3.63, 3.8) is 0 Å². The number of aromatic nitrogens is 1. The Hall–Kier alpha value is -2.47. The summed E-state index contributed by atoms with van der Waals surface area (Å²) in [6.45, 7) is 2.22. The van der Waals surface area contributed by atoms with Crippen molar-refractivity contribution >= 4 is 29.3 Å². The third-order valence-corrected chi connectivity index (χ3v) is 3.71. The predicted octanol–water partition coefficient (Wildman–Crippen LogP) is 2.48. The van der Waals surface area contributed by atoms with Gasteiger partial charge in [0, 0.05) is 22.7 Å². The largest absolute Gasteiger partial charge is 0.478 e. The van der Waals surface area contributed by atoms with E-state index in [1.54, 1.807) is 36.8 Å². The Balaban J connectivity index is 2.13. The molecule has 0 radical (unpaired) electrons. The molecule has 2 rings (SSSR count). The molecule has 21 heavy (non-hydrogen) atoms. The molecule has 0 atom stereocenters. The molecule has 0 fully saturated rings. The molecule has 5 nitrogen and oxygen atoms in total. The lowest BCUT2D eigenvalue weighted by molar-refractivity contribution is -0.131. The Bertz CT molecular complexity index is 678. The van der Waals surface area contributed by atoms with Crippen LogP contribution >= 0.6 is 11.3 Å². The molecule has 1 amide bonds. The van der Waals surface area contributed by atoms with Gasteiger partial charge in [-0.2, -0.15) is 0 Å². The number of nitrogens with one attached hydrogen (secondary N) is 1. The second-order valence-electron chi connectivity index (χ2n) is 4.34. The number of carbonyl (C=O) groups is 2. The van der Waals surface area contributed by atoms with Gasteiger partial charge >= 0.3 is 5.97 Å². The maximum absolute atomic E-state index is 12.2. The van der Waals surface area contributed by atoms with E-state index in [1.807, 2.05) is 0 Å². The third kappa shape index (κ3) is 4.00. The maximum atomic E-state index is 12.2. The molecule has 6 heteroatoms. The zero-order chi connectivity index (χ0) is 15.2. The van der Waals surface area contributed by atoms with Crippen LogP contribution in [0.2, 0.25) is 0 Å². The van der Waals surface area contributed by atoms with Gasteiger partial charge < -0.3 is 10.4 Å². The average molecular weight is 302 g/mol. The molecule has 0 saturated heterocycles. The van der Waals surface area contributed by atoms with Gasteiger partial charge in [0.15, 0.2) is 0 Å². The van der Waals surface area contributed by atoms with Gasteiger partial charge in [0.05, 0.1) is 12.1 Å². The molecule has 1 aromatic heterocycles. The molecular weight excluding hydrogens is 288 g/mol. The number of aliphatic carboxylic acids is 1. The van der Waals surface area contributed by atoms with Gasteiger partial charge in [-0.25, -0.2) is 4.79 Å². The highest BCUT2D eigenvalue weighted by atomic mass is 32.1. The monoisotopic (exact) mass is 302 g/mol. The average Bonchev–Trinajstić information content (AvgIpc) is 2.97. The molecule has 108 valence electrons. The first-order valence-corrected chi connectivity index (χ1v) is 7.12. The standard InChI is InChI=1S/C15H14N2O3S/c1-10-11(5-6-14(18)19)3-2-4-13(10)15(20)17-8-12-7-16-9-21-12/h2-7,9H,8H2,1H3,(H,17,20)(H,18,19)/b6-5+. The van der Waals surface area contributed by atoms with E-state index in [0.29, 0.717) is 17.7 Å². The molecule has 0 aliphatic carbocycles. The highest BCUT2D eigenvalue weighted by Crippen LogP contribution is 2.16. The van der Waals surface area contributed by atoms with Crippen molar-refractivity contribution < 1.29 is 14.7 Å². The summed E-state index contributed by atoms with van der Waals surface area (Å²) in [5.74, 6) is -1.21. The number of nitrogens with zero attached hydrogens (tertiary/aromatic N) is 1. The molecule has 2 aromatic rings. The summed E-state index contributed by atoms with van der Waals surface area (Å²) in [6.07, 6.45) is 4.25. The smallest absolute Gasteiger partial charge is 0.328 e. The van der Waals surface area contributed by atoms with Crippen LogP contribution in [0, 0.1) is 6.92 Å². The van der Waals surface area contributed by atoms with E-state index in [-0.39, 0.29) is 5.91 Å². The van der Waals surface area contributed by atoms with Gasteiger partial charge in [-0.15, -0.1) is 11.3 Å². The molecule has 0 spiro atoms. The summed E-state index contributed by atoms with van der Waals surface area (Å²) in [4.78, 5) is 27.7. The second kappa shape index (κ2) is 6.81. The SMILES string of the molecule is Cc1c(/C=C/C(=O)O)cccc1C(=O)NCc1cncs1. The summed E-state index contributed by atoms with van der Waals surface area (Å²) in [7, 11) is 0. The van der Waals surface area contributed by atoms with Crippen LogP contribution in [0.3, 0.4) is 0 Å². The molecule has 1 heterocycles. The molecule has 0 bridgehead atoms. The minimum atomic E-state index is -1.02. The lowest BCUT2D eigenvalue weighted by Crippen LogP contribution is -2.23. The third-order valence-electron chi connectivity index (χ3n) is 2.93. The topological polar surface area (TPSA) is 79.3 Å². The highest BCUT2D eigenvalue weighted by Gasteiger charge is 2.10. The molecular formula is C15H14N2O3S. The highest BCUT2D eigenvalue weighted by molar-refractivity contribution is 7.09. The van der Waals surface area contributed by atoms with Crippen molar-refractivity contribution in [2.45, 2.75) is 13.5 Å². The Morgan fingerprint density at radius 1 is 1.43 bits per heavy atom. The number of rotatable bonds is 5. The van der Waals surface area contributed by atoms with E-state index in [0.717, 1.165) is 16.5 Å². The van der Waals surface area contributed by atoms with Crippen LogP contribution in [0.15, 0.2) is 36.0 Å². The Kier molecular flexibility index (Phi) is 4.84. The van der Waals surface area contributed by atoms with Crippen LogP contribution in [0.5, 0.6) is 0 Å². The van der Waals surface area contributed by atoms with Crippen molar-refractivity contribution in [3.8, 4) is 0 Å². The summed E-state index contributed by atoms with van der Waals surface area (Å²) in [5.41, 5.74) is 3.70. The molecule has 0 aliphatic heterocycles. The number of carbonyl (C=O) groups excluding carboxylic acids is 1. The van der Waals surface area contributed by atoms with Crippen molar-refractivity contribution in [1.29, 1.82) is 0 Å². The van der Waals surface area contributed by atoms with Crippen molar-refractivity contribution in [2.75, 3.05) is 0 Å². The van der Waals surface area contributed by atoms with Crippen molar-refractivity contribution in [3.05, 3.63) is 57.6 Å². The Labute approximate surface area is 126 Å². The Morgan fingerprint density at radius 3 is 2.90 bits per heavy atom. The van der Waals surface area contributed by atoms with Gasteiger partial charge in [-0.3, -0.25) is 9.78 Å². The number of carboxylic acids is 1. The summed E-state index contributed by atoms with van der Waals surface area (Å²) in [6, 6.07) is 5.22. The number of thiazole rings is 1. The van der Waals surface area contributed by atoms with E-state index >= 15 is 0 Å². The minimum Gasteiger partial charge on any atom is -0.478 e. The first-order chi connectivity index (χ1) is 10.1. The molecule has 2 N–H and O–H groups in total. The van der Waals surface area contributed by atoms with Crippen LogP contribution in [-0.4, -0.2) is 22.0 Å². The van der Waals surface area contributed by atoms with Gasteiger partial charge in [-0.1, -0.05) is 12.1 Å². The molecule has 0 saturated carbocycles. The predicted molar refractivity (Wildman–Crippen MR) is 81.1 cm³/mol. The van der Waals surface area contributed by atoms with Crippen molar-refractivity contribution in [2.24, 2.45) is 0 Å². The number of amides is 1. The van der Waals surface area contributed by atoms with Crippen LogP contribution in [0.25, 0.3) is 6.08 Å². The normalized spacial score (nSPS) is 10.7. The van der Waals surface area contributed by atoms with E-state index in [1.165, 1.54) is 17.4 Å². The van der Waals surface area contributed by atoms with E-state index in [2.05, 4.69) is 10.3 Å². The Morgan fingerprint density at radius 2 is 2.24 bits per heavy atom. The first-order valence-electron chi connectivity index (χ1n) is 6.24. The fourth-order valence-electron chi connectivity index (χ4n) is 1.83. The number of carboxylic acid groups (broad SMARTS) is 1. The lowest BCUT2D eigenvalue weighted by atomic mass is 10.0. The lowest BCUT2D eigenvalue weighted by Gasteiger charge is -2.09. The zero-order valence-electron chi connectivity index (χ0n) is 11.4. The van der Waals surface area contributed by atoms with Crippen LogP contribution in [0.1, 0.15) is 26.4 Å². The summed E-state index contributed by atoms with van der Waals surface area (Å²) < 4.78 is 0. The number of benzene rings is 1. The number of hydrogen-bond donors (Lipinski definition) is 2. The van der Waals surface area contributed by atoms with Crippen LogP contribution in [-0.2, 0) is 11.3 Å². The fraction of sp³-hybridized carbons (Fsp3) is 0.133. The maximum Gasteiger partial charge on any atom is 0.328 e. The summed E-state index contributed by atoms with van der Waals surface area (Å²) in [5, 5.41) is 11.5. The van der Waals surface area contributed by atoms with Gasteiger partial charge in [0.2, 0.25) is 0 Å². The molecule has 0 unspecified atom stereocenters. The minimum absolute atomic E-state index is 0.188. The molecule has 0 aliphatic rings. The fourth-order valence-corrected chi connectivity index (χ4v) is 2.37. The quantitative estimate of drug-likeness (QED) is 0.832. The van der Waals surface area contributed by atoms with Crippen molar-refractivity contribution in [1.82, 2.24) is 10.3 Å². The van der Waals surface area contributed by atoms with Gasteiger partial charge in [-0.05, 0) is 30.2 Å². The van der Waals surface area contributed by atoms with E-state index < -0.39 is 5.97 Å². The summed E-state index contributed by atoms with van der Waals surface area (Å²) >= 11 is 1.48.